The summed E-state index contributed by atoms with van der Waals surface area (Å²) in [5.41, 5.74) is 7.98. The van der Waals surface area contributed by atoms with E-state index in [1.165, 1.54) is 0 Å². The zero-order valence-electron chi connectivity index (χ0n) is 13.0. The molecule has 1 amide bonds. The molecule has 0 saturated carbocycles. The van der Waals surface area contributed by atoms with Crippen LogP contribution in [-0.2, 0) is 11.2 Å². The maximum absolute atomic E-state index is 12.0. The molecular formula is C18H19BrN2O. The minimum absolute atomic E-state index is 0.115. The first-order valence-corrected chi connectivity index (χ1v) is 7.89. The molecule has 22 heavy (non-hydrogen) atoms. The third-order valence-corrected chi connectivity index (χ3v) is 4.31. The highest BCUT2D eigenvalue weighted by atomic mass is 79.9. The second kappa shape index (κ2) is 7.36. The lowest BCUT2D eigenvalue weighted by Gasteiger charge is -2.06. The van der Waals surface area contributed by atoms with Gasteiger partial charge in [-0.15, -0.1) is 0 Å². The van der Waals surface area contributed by atoms with E-state index in [1.54, 1.807) is 6.21 Å². The largest absolute Gasteiger partial charge is 0.273 e. The number of nitrogens with zero attached hydrogens (tertiary/aromatic N) is 1. The summed E-state index contributed by atoms with van der Waals surface area (Å²) >= 11 is 3.48. The first kappa shape index (κ1) is 16.4. The van der Waals surface area contributed by atoms with Gasteiger partial charge >= 0.3 is 0 Å². The summed E-state index contributed by atoms with van der Waals surface area (Å²) in [7, 11) is 0. The van der Waals surface area contributed by atoms with Crippen LogP contribution in [0.4, 0.5) is 0 Å². The average molecular weight is 359 g/mol. The number of hydrazone groups is 1. The van der Waals surface area contributed by atoms with Gasteiger partial charge in [0.2, 0.25) is 5.91 Å². The lowest BCUT2D eigenvalue weighted by Crippen LogP contribution is -2.20. The molecule has 0 aliphatic carbocycles. The summed E-state index contributed by atoms with van der Waals surface area (Å²) in [4.78, 5) is 12.0. The molecule has 0 aliphatic heterocycles. The van der Waals surface area contributed by atoms with Crippen molar-refractivity contribution >= 4 is 28.1 Å². The van der Waals surface area contributed by atoms with E-state index < -0.39 is 0 Å². The summed E-state index contributed by atoms with van der Waals surface area (Å²) in [5, 5.41) is 4.02. The Morgan fingerprint density at radius 1 is 1.14 bits per heavy atom. The van der Waals surface area contributed by atoms with E-state index in [4.69, 9.17) is 0 Å². The molecule has 1 N–H and O–H groups in total. The zero-order valence-corrected chi connectivity index (χ0v) is 14.6. The number of carbonyl (C=O) groups is 1. The van der Waals surface area contributed by atoms with Crippen LogP contribution in [0.15, 0.2) is 46.0 Å². The van der Waals surface area contributed by atoms with Crippen molar-refractivity contribution in [3.63, 3.8) is 0 Å². The van der Waals surface area contributed by atoms with E-state index >= 15 is 0 Å². The van der Waals surface area contributed by atoms with Crippen LogP contribution in [0, 0.1) is 20.8 Å². The smallest absolute Gasteiger partial charge is 0.244 e. The second-order valence-corrected chi connectivity index (χ2v) is 6.26. The molecule has 114 valence electrons. The number of rotatable bonds is 4. The Bertz CT molecular complexity index is 723. The SMILES string of the molecule is Cc1ccc(C)c(CC(=O)N/N=C/c2ccc(C)c(Br)c2)c1. The minimum atomic E-state index is -0.115. The lowest BCUT2D eigenvalue weighted by molar-refractivity contribution is -0.120. The van der Waals surface area contributed by atoms with Crippen molar-refractivity contribution in [3.8, 4) is 0 Å². The van der Waals surface area contributed by atoms with Gasteiger partial charge in [-0.05, 0) is 49.1 Å². The molecule has 2 aromatic rings. The number of nitrogens with one attached hydrogen (secondary N) is 1. The third kappa shape index (κ3) is 4.53. The van der Waals surface area contributed by atoms with E-state index in [1.807, 2.05) is 57.2 Å². The van der Waals surface area contributed by atoms with Crippen LogP contribution in [-0.4, -0.2) is 12.1 Å². The van der Waals surface area contributed by atoms with Crippen molar-refractivity contribution in [2.45, 2.75) is 27.2 Å². The Hall–Kier alpha value is -1.94. The third-order valence-electron chi connectivity index (χ3n) is 3.45. The van der Waals surface area contributed by atoms with Gasteiger partial charge in [-0.3, -0.25) is 4.79 Å². The quantitative estimate of drug-likeness (QED) is 0.649. The van der Waals surface area contributed by atoms with Gasteiger partial charge in [-0.2, -0.15) is 5.10 Å². The van der Waals surface area contributed by atoms with Crippen molar-refractivity contribution in [1.29, 1.82) is 0 Å². The van der Waals surface area contributed by atoms with Gasteiger partial charge < -0.3 is 0 Å². The average Bonchev–Trinajstić information content (AvgIpc) is 2.47. The predicted molar refractivity (Wildman–Crippen MR) is 94.2 cm³/mol. The molecule has 3 nitrogen and oxygen atoms in total. The van der Waals surface area contributed by atoms with Gasteiger partial charge in [0.15, 0.2) is 0 Å². The topological polar surface area (TPSA) is 41.5 Å². The van der Waals surface area contributed by atoms with Gasteiger partial charge in [0, 0.05) is 4.47 Å². The van der Waals surface area contributed by atoms with Gasteiger partial charge in [0.1, 0.15) is 0 Å². The van der Waals surface area contributed by atoms with Crippen molar-refractivity contribution in [1.82, 2.24) is 5.43 Å². The zero-order chi connectivity index (χ0) is 16.1. The fraction of sp³-hybridized carbons (Fsp3) is 0.222. The molecule has 2 aromatic carbocycles. The molecule has 0 saturated heterocycles. The summed E-state index contributed by atoms with van der Waals surface area (Å²) in [6.07, 6.45) is 1.98. The first-order valence-electron chi connectivity index (χ1n) is 7.10. The molecule has 2 rings (SSSR count). The summed E-state index contributed by atoms with van der Waals surface area (Å²) in [6, 6.07) is 12.0. The predicted octanol–water partition coefficient (Wildman–Crippen LogP) is 4.07. The number of carbonyl (C=O) groups excluding carboxylic acids is 1. The first-order chi connectivity index (χ1) is 10.5. The van der Waals surface area contributed by atoms with Crippen LogP contribution in [0.5, 0.6) is 0 Å². The number of halogens is 1. The number of aryl methyl sites for hydroxylation is 3. The standard InChI is InChI=1S/C18H19BrN2O/c1-12-4-5-13(2)16(8-12)10-18(22)21-20-11-15-7-6-14(3)17(19)9-15/h4-9,11H,10H2,1-3H3,(H,21,22)/b20-11+. The molecule has 0 heterocycles. The summed E-state index contributed by atoms with van der Waals surface area (Å²) in [5.74, 6) is -0.115. The highest BCUT2D eigenvalue weighted by Gasteiger charge is 2.05. The second-order valence-electron chi connectivity index (χ2n) is 5.41. The van der Waals surface area contributed by atoms with Crippen LogP contribution in [0.2, 0.25) is 0 Å². The Morgan fingerprint density at radius 3 is 2.59 bits per heavy atom. The molecule has 4 heteroatoms. The van der Waals surface area contributed by atoms with E-state index in [-0.39, 0.29) is 5.91 Å². The minimum Gasteiger partial charge on any atom is -0.273 e. The van der Waals surface area contributed by atoms with Gasteiger partial charge in [0.25, 0.3) is 0 Å². The normalized spacial score (nSPS) is 10.9. The van der Waals surface area contributed by atoms with Gasteiger partial charge in [-0.25, -0.2) is 5.43 Å². The van der Waals surface area contributed by atoms with Crippen LogP contribution >= 0.6 is 15.9 Å². The Kier molecular flexibility index (Phi) is 5.50. The van der Waals surface area contributed by atoms with Crippen molar-refractivity contribution in [3.05, 3.63) is 68.7 Å². The summed E-state index contributed by atoms with van der Waals surface area (Å²) in [6.45, 7) is 6.06. The maximum Gasteiger partial charge on any atom is 0.244 e. The fourth-order valence-corrected chi connectivity index (χ4v) is 2.47. The Morgan fingerprint density at radius 2 is 1.86 bits per heavy atom. The highest BCUT2D eigenvalue weighted by molar-refractivity contribution is 9.10. The van der Waals surface area contributed by atoms with Crippen LogP contribution in [0.3, 0.4) is 0 Å². The maximum atomic E-state index is 12.0. The van der Waals surface area contributed by atoms with Crippen LogP contribution in [0.1, 0.15) is 27.8 Å². The van der Waals surface area contributed by atoms with E-state index in [2.05, 4.69) is 26.5 Å². The van der Waals surface area contributed by atoms with Gasteiger partial charge in [0.05, 0.1) is 12.6 Å². The Balaban J connectivity index is 1.96. The van der Waals surface area contributed by atoms with Crippen molar-refractivity contribution in [2.24, 2.45) is 5.10 Å². The molecule has 0 aliphatic rings. The highest BCUT2D eigenvalue weighted by Crippen LogP contribution is 2.16. The fourth-order valence-electron chi connectivity index (χ4n) is 2.07. The molecule has 0 unspecified atom stereocenters. The lowest BCUT2D eigenvalue weighted by atomic mass is 10.0. The van der Waals surface area contributed by atoms with Gasteiger partial charge in [-0.1, -0.05) is 51.8 Å². The number of hydrogen-bond acceptors (Lipinski definition) is 2. The number of benzene rings is 2. The molecule has 0 radical (unpaired) electrons. The molecular weight excluding hydrogens is 340 g/mol. The number of hydrogen-bond donors (Lipinski definition) is 1. The van der Waals surface area contributed by atoms with E-state index in [0.717, 1.165) is 32.3 Å². The van der Waals surface area contributed by atoms with E-state index in [0.29, 0.717) is 6.42 Å². The summed E-state index contributed by atoms with van der Waals surface area (Å²) < 4.78 is 1.03. The molecule has 0 fully saturated rings. The van der Waals surface area contributed by atoms with Crippen molar-refractivity contribution in [2.75, 3.05) is 0 Å². The van der Waals surface area contributed by atoms with E-state index in [9.17, 15) is 4.79 Å². The number of amides is 1. The molecule has 0 atom stereocenters. The van der Waals surface area contributed by atoms with Crippen LogP contribution in [0.25, 0.3) is 0 Å². The molecule has 0 bridgehead atoms. The Labute approximate surface area is 139 Å². The monoisotopic (exact) mass is 358 g/mol. The molecule has 0 aromatic heterocycles. The van der Waals surface area contributed by atoms with Crippen LogP contribution < -0.4 is 5.43 Å². The van der Waals surface area contributed by atoms with Crippen molar-refractivity contribution < 1.29 is 4.79 Å². The molecule has 0 spiro atoms.